The number of H-pyrrole nitrogens is 2. The minimum absolute atomic E-state index is 0. The van der Waals surface area contributed by atoms with E-state index in [9.17, 15) is 14.4 Å². The Morgan fingerprint density at radius 3 is 2.30 bits per heavy atom. The molecule has 2 saturated carbocycles. The number of nitrogens with one attached hydrogen (secondary N) is 2. The number of aryl methyl sites for hydroxylation is 1. The quantitative estimate of drug-likeness (QED) is 0.219. The Hall–Kier alpha value is -3.83. The number of aromatic amines is 2. The molecule has 4 aliphatic rings. The Morgan fingerprint density at radius 1 is 0.977 bits per heavy atom. The van der Waals surface area contributed by atoms with E-state index in [0.29, 0.717) is 31.2 Å². The number of aromatic nitrogens is 10. The number of hydrogen-bond donors (Lipinski definition) is 2. The Kier molecular flexibility index (Phi) is 15.5. The van der Waals surface area contributed by atoms with Crippen molar-refractivity contribution in [3.05, 3.63) is 28.2 Å². The Labute approximate surface area is 276 Å². The molecule has 0 radical (unpaired) electrons. The number of ketones is 2. The van der Waals surface area contributed by atoms with Gasteiger partial charge in [-0.15, -0.1) is 15.3 Å². The Morgan fingerprint density at radius 2 is 1.75 bits per heavy atom. The zero-order chi connectivity index (χ0) is 29.7. The van der Waals surface area contributed by atoms with Gasteiger partial charge in [0.25, 0.3) is 0 Å². The van der Waals surface area contributed by atoms with Crippen molar-refractivity contribution in [2.24, 2.45) is 15.4 Å². The van der Waals surface area contributed by atoms with Gasteiger partial charge in [-0.05, 0) is 80.4 Å². The van der Waals surface area contributed by atoms with Gasteiger partial charge in [0.2, 0.25) is 5.82 Å². The van der Waals surface area contributed by atoms with Crippen LogP contribution in [-0.2, 0) is 27.2 Å². The molecule has 230 valence electrons. The molecule has 17 nitrogen and oxygen atoms in total. The first-order valence-electron chi connectivity index (χ1n) is 13.8. The van der Waals surface area contributed by atoms with Crippen LogP contribution in [-0.4, -0.2) is 82.7 Å². The summed E-state index contributed by atoms with van der Waals surface area (Å²) < 4.78 is 4.54. The van der Waals surface area contributed by atoms with E-state index in [4.69, 9.17) is 0 Å². The summed E-state index contributed by atoms with van der Waals surface area (Å²) >= 11 is 0. The maximum absolute atomic E-state index is 11.4. The second kappa shape index (κ2) is 18.7. The molecule has 1 aliphatic heterocycles. The van der Waals surface area contributed by atoms with Crippen LogP contribution < -0.4 is 34.7 Å². The van der Waals surface area contributed by atoms with Crippen LogP contribution in [0.15, 0.2) is 26.6 Å². The number of carbonyl (C=O) groups is 3. The van der Waals surface area contributed by atoms with E-state index in [1.165, 1.54) is 17.7 Å². The van der Waals surface area contributed by atoms with E-state index in [0.717, 1.165) is 73.9 Å². The van der Waals surface area contributed by atoms with Crippen molar-refractivity contribution < 1.29 is 48.7 Å². The van der Waals surface area contributed by atoms with Crippen molar-refractivity contribution >= 4 is 23.2 Å². The summed E-state index contributed by atoms with van der Waals surface area (Å²) in [5, 5.41) is 44.9. The van der Waals surface area contributed by atoms with E-state index < -0.39 is 5.97 Å². The Balaban J connectivity index is 0.000000208. The van der Waals surface area contributed by atoms with Gasteiger partial charge in [-0.1, -0.05) is 7.43 Å². The standard InChI is InChI=1S/C9H11N3O.C7H8N6.C5H8O.C4H6N4O2.CH4.Na/c1-6(8-5-10-12-11-8)7-3-2-4-9(7)13;1-2-4-5(3-1)8-9-6(4)7-10-12-13-11-7;6-5-3-1-2-4-5;1-2-10-4(9)3-5-7-8-6-3;;/h2-5H2,1H3;1-3H2,(H,8,9)(H,10,11,12,13);1-4H2;2H2,1H3,(H,5,6,7,8,9);1H4;/q;;;;;+1/p-1/b7-6+;;;;;. The molecule has 0 amide bonds. The molecule has 4 heterocycles. The molecule has 2 N–H and O–H groups in total. The van der Waals surface area contributed by atoms with Crippen LogP contribution in [0.4, 0.5) is 0 Å². The van der Waals surface area contributed by atoms with Crippen molar-refractivity contribution in [2.75, 3.05) is 13.2 Å². The van der Waals surface area contributed by atoms with Crippen LogP contribution in [0.1, 0.15) is 94.5 Å². The first-order valence-corrected chi connectivity index (χ1v) is 13.8. The van der Waals surface area contributed by atoms with Crippen LogP contribution in [0.3, 0.4) is 0 Å². The zero-order valence-electron chi connectivity index (χ0n) is 24.5. The minimum Gasteiger partial charge on any atom is -0.462 e. The minimum atomic E-state index is -0.590. The third-order valence-corrected chi connectivity index (χ3v) is 6.80. The fourth-order valence-corrected chi connectivity index (χ4v) is 4.65. The molecule has 0 bridgehead atoms. The first kappa shape index (κ1) is 36.4. The van der Waals surface area contributed by atoms with Gasteiger partial charge >= 0.3 is 35.5 Å². The normalized spacial score (nSPS) is 17.0. The van der Waals surface area contributed by atoms with Crippen LogP contribution in [0.2, 0.25) is 0 Å². The second-order valence-corrected chi connectivity index (χ2v) is 9.60. The summed E-state index contributed by atoms with van der Waals surface area (Å²) in [6, 6.07) is 0. The van der Waals surface area contributed by atoms with E-state index >= 15 is 0 Å². The number of fused-ring (bicyclic) bond motifs is 1. The van der Waals surface area contributed by atoms with Crippen molar-refractivity contribution in [3.8, 4) is 11.5 Å². The van der Waals surface area contributed by atoms with Crippen LogP contribution in [0.5, 0.6) is 0 Å². The molecule has 18 heteroatoms. The van der Waals surface area contributed by atoms with Crippen LogP contribution >= 0.6 is 0 Å². The summed E-state index contributed by atoms with van der Waals surface area (Å²) in [7, 11) is 0. The summed E-state index contributed by atoms with van der Waals surface area (Å²) in [6.07, 6.45) is 9.87. The maximum atomic E-state index is 11.4. The largest absolute Gasteiger partial charge is 1.00 e. The SMILES string of the molecule is C.C/C(C1=NN=NC1)=C1/CCCC1=O.C1Cc2[nH]nc(-c3nn[nH]n3)c2C1.CCOC(=O)c1nnn[n-]1.O=C1CCCC1.[Na+]. The number of allylic oxidation sites excluding steroid dienone is 1. The second-order valence-electron chi connectivity index (χ2n) is 9.60. The summed E-state index contributed by atoms with van der Waals surface area (Å²) in [6.45, 7) is 4.46. The number of nitrogens with zero attached hydrogens (tertiary/aromatic N) is 11. The van der Waals surface area contributed by atoms with Crippen LogP contribution in [0.25, 0.3) is 11.5 Å². The number of tetrazole rings is 2. The molecule has 3 aromatic rings. The molecular weight excluding hydrogens is 581 g/mol. The number of rotatable bonds is 4. The maximum Gasteiger partial charge on any atom is 1.00 e. The number of esters is 1. The molecule has 3 aromatic heterocycles. The van der Waals surface area contributed by atoms with Gasteiger partial charge in [0.15, 0.2) is 5.78 Å². The molecule has 3 aliphatic carbocycles. The van der Waals surface area contributed by atoms with Gasteiger partial charge in [-0.25, -0.2) is 4.79 Å². The van der Waals surface area contributed by atoms with Gasteiger partial charge in [-0.3, -0.25) is 25.0 Å². The van der Waals surface area contributed by atoms with E-state index in [1.807, 2.05) is 6.92 Å². The fraction of sp³-hybridized carbons (Fsp3) is 0.577. The zero-order valence-corrected chi connectivity index (χ0v) is 26.5. The summed E-state index contributed by atoms with van der Waals surface area (Å²) in [5.41, 5.74) is 6.10. The van der Waals surface area contributed by atoms with Crippen molar-refractivity contribution in [2.45, 2.75) is 85.5 Å². The summed E-state index contributed by atoms with van der Waals surface area (Å²) in [4.78, 5) is 32.3. The fourth-order valence-electron chi connectivity index (χ4n) is 4.65. The van der Waals surface area contributed by atoms with Crippen molar-refractivity contribution in [1.82, 2.24) is 51.4 Å². The molecule has 44 heavy (non-hydrogen) atoms. The van der Waals surface area contributed by atoms with E-state index in [-0.39, 0.29) is 48.6 Å². The van der Waals surface area contributed by atoms with Gasteiger partial charge in [0.1, 0.15) is 23.8 Å². The number of carbonyl (C=O) groups excluding carboxylic acids is 3. The van der Waals surface area contributed by atoms with E-state index in [1.54, 1.807) is 6.92 Å². The molecule has 7 rings (SSSR count). The van der Waals surface area contributed by atoms with Gasteiger partial charge < -0.3 is 9.84 Å². The number of Topliss-reactive ketones (excluding diaryl/α,β-unsaturated/α-hetero) is 2. The first-order chi connectivity index (χ1) is 20.5. The molecule has 2 fully saturated rings. The van der Waals surface area contributed by atoms with E-state index in [2.05, 4.69) is 71.6 Å². The summed E-state index contributed by atoms with van der Waals surface area (Å²) in [5.74, 6) is 0.621. The smallest absolute Gasteiger partial charge is 0.462 e. The molecular formula is C26H36N13NaO4. The third-order valence-electron chi connectivity index (χ3n) is 6.80. The molecule has 0 aromatic carbocycles. The van der Waals surface area contributed by atoms with Crippen molar-refractivity contribution in [3.63, 3.8) is 0 Å². The topological polar surface area (TPSA) is 233 Å². The predicted octanol–water partition coefficient (Wildman–Crippen LogP) is -0.269. The average molecular weight is 618 g/mol. The molecule has 0 saturated heterocycles. The third kappa shape index (κ3) is 10.1. The molecule has 0 spiro atoms. The monoisotopic (exact) mass is 617 g/mol. The molecule has 0 unspecified atom stereocenters. The van der Waals surface area contributed by atoms with Gasteiger partial charge in [-0.2, -0.15) is 20.6 Å². The number of hydrogen-bond acceptors (Lipinski definition) is 14. The predicted molar refractivity (Wildman–Crippen MR) is 152 cm³/mol. The Bertz CT molecular complexity index is 1440. The van der Waals surface area contributed by atoms with Gasteiger partial charge in [0.05, 0.1) is 12.3 Å². The molecule has 0 atom stereocenters. The average Bonchev–Trinajstić information content (AvgIpc) is 3.80. The number of ether oxygens (including phenoxy) is 1. The van der Waals surface area contributed by atoms with Gasteiger partial charge in [0, 0.05) is 30.5 Å². The van der Waals surface area contributed by atoms with Crippen molar-refractivity contribution in [1.29, 1.82) is 0 Å². The van der Waals surface area contributed by atoms with Crippen LogP contribution in [0, 0.1) is 0 Å².